The summed E-state index contributed by atoms with van der Waals surface area (Å²) >= 11 is 0. The van der Waals surface area contributed by atoms with Gasteiger partial charge in [0.1, 0.15) is 23.1 Å². The van der Waals surface area contributed by atoms with Gasteiger partial charge in [-0.1, -0.05) is 18.2 Å². The van der Waals surface area contributed by atoms with E-state index in [1.54, 1.807) is 18.7 Å². The van der Waals surface area contributed by atoms with Crippen molar-refractivity contribution in [1.29, 1.82) is 0 Å². The number of hydrogen-bond acceptors (Lipinski definition) is 6. The average molecular weight is 489 g/mol. The Balaban J connectivity index is 1.74. The Morgan fingerprint density at radius 3 is 2.51 bits per heavy atom. The number of carbonyl (C=O) groups is 1. The Labute approximate surface area is 199 Å². The van der Waals surface area contributed by atoms with Crippen LogP contribution in [-0.2, 0) is 10.4 Å². The van der Waals surface area contributed by atoms with Crippen molar-refractivity contribution in [1.82, 2.24) is 19.9 Å². The van der Waals surface area contributed by atoms with Crippen LogP contribution in [0.5, 0.6) is 0 Å². The van der Waals surface area contributed by atoms with Gasteiger partial charge < -0.3 is 20.3 Å². The van der Waals surface area contributed by atoms with Crippen molar-refractivity contribution in [2.75, 3.05) is 18.4 Å². The van der Waals surface area contributed by atoms with E-state index in [-0.39, 0.29) is 41.3 Å². The molecule has 0 radical (unpaired) electrons. The van der Waals surface area contributed by atoms with Crippen LogP contribution in [0.2, 0.25) is 0 Å². The summed E-state index contributed by atoms with van der Waals surface area (Å²) in [4.78, 5) is 37.4. The number of amides is 1. The molecule has 0 aliphatic carbocycles. The second-order valence-electron chi connectivity index (χ2n) is 8.85. The number of benzene rings is 1. The number of rotatable bonds is 5. The predicted octanol–water partition coefficient (Wildman–Crippen LogP) is 3.71. The molecule has 1 aliphatic rings. The van der Waals surface area contributed by atoms with Crippen LogP contribution in [0.3, 0.4) is 0 Å². The molecular formula is C24H26F3N5O3. The number of likely N-dealkylation sites (tertiary alicyclic amines) is 1. The normalized spacial score (nSPS) is 16.5. The molecule has 1 aliphatic heterocycles. The maximum Gasteiger partial charge on any atom is 0.266 e. The highest BCUT2D eigenvalue weighted by atomic mass is 19.3. The lowest BCUT2D eigenvalue weighted by molar-refractivity contribution is -0.133. The third-order valence-electron chi connectivity index (χ3n) is 6.47. The molecule has 0 bridgehead atoms. The van der Waals surface area contributed by atoms with Crippen LogP contribution in [0.25, 0.3) is 11.0 Å². The van der Waals surface area contributed by atoms with Gasteiger partial charge in [0.2, 0.25) is 5.91 Å². The summed E-state index contributed by atoms with van der Waals surface area (Å²) in [5, 5.41) is 14.7. The second-order valence-corrected chi connectivity index (χ2v) is 8.85. The number of aromatic nitrogens is 3. The van der Waals surface area contributed by atoms with Crippen LogP contribution in [0.1, 0.15) is 61.7 Å². The van der Waals surface area contributed by atoms with Crippen molar-refractivity contribution < 1.29 is 23.1 Å². The van der Waals surface area contributed by atoms with E-state index in [1.165, 1.54) is 25.1 Å². The maximum absolute atomic E-state index is 14.7. The Kier molecular flexibility index (Phi) is 6.54. The molecule has 186 valence electrons. The quantitative estimate of drug-likeness (QED) is 0.504. The molecule has 3 aromatic rings. The first kappa shape index (κ1) is 24.6. The molecular weight excluding hydrogens is 463 g/mol. The summed E-state index contributed by atoms with van der Waals surface area (Å²) in [7, 11) is 0. The highest BCUT2D eigenvalue weighted by molar-refractivity contribution is 5.87. The van der Waals surface area contributed by atoms with Crippen molar-refractivity contribution in [2.24, 2.45) is 0 Å². The molecule has 1 saturated heterocycles. The van der Waals surface area contributed by atoms with Gasteiger partial charge in [-0.25, -0.2) is 23.1 Å². The number of piperidine rings is 1. The van der Waals surface area contributed by atoms with Crippen LogP contribution < -0.4 is 10.9 Å². The summed E-state index contributed by atoms with van der Waals surface area (Å²) in [6.07, 6.45) is -2.59. The fourth-order valence-corrected chi connectivity index (χ4v) is 4.47. The average Bonchev–Trinajstić information content (AvgIpc) is 2.78. The van der Waals surface area contributed by atoms with Crippen molar-refractivity contribution >= 4 is 22.8 Å². The van der Waals surface area contributed by atoms with E-state index < -0.39 is 35.0 Å². The number of nitrogens with zero attached hydrogens (tertiary/aromatic N) is 3. The molecule has 1 atom stereocenters. The summed E-state index contributed by atoms with van der Waals surface area (Å²) in [5.41, 5.74) is -2.30. The topological polar surface area (TPSA) is 111 Å². The molecule has 2 aromatic heterocycles. The number of aromatic amines is 1. The molecule has 8 nitrogen and oxygen atoms in total. The number of carbonyl (C=O) groups excluding carboxylic acids is 1. The lowest BCUT2D eigenvalue weighted by atomic mass is 9.84. The Morgan fingerprint density at radius 1 is 1.23 bits per heavy atom. The van der Waals surface area contributed by atoms with Crippen LogP contribution in [0, 0.1) is 12.7 Å². The molecule has 0 saturated carbocycles. The van der Waals surface area contributed by atoms with Gasteiger partial charge in [-0.2, -0.15) is 0 Å². The zero-order valence-corrected chi connectivity index (χ0v) is 19.5. The zero-order valence-electron chi connectivity index (χ0n) is 19.5. The molecule has 11 heteroatoms. The summed E-state index contributed by atoms with van der Waals surface area (Å²) < 4.78 is 41.0. The first-order valence-corrected chi connectivity index (χ1v) is 11.2. The number of halogens is 3. The molecule has 1 amide bonds. The number of aliphatic hydroxyl groups is 1. The van der Waals surface area contributed by atoms with Crippen molar-refractivity contribution in [2.45, 2.75) is 51.7 Å². The Bertz CT molecular complexity index is 1340. The van der Waals surface area contributed by atoms with E-state index in [0.717, 1.165) is 6.07 Å². The zero-order chi connectivity index (χ0) is 25.5. The van der Waals surface area contributed by atoms with Gasteiger partial charge >= 0.3 is 0 Å². The molecule has 4 rings (SSSR count). The Morgan fingerprint density at radius 2 is 1.89 bits per heavy atom. The number of nitrogens with one attached hydrogen (secondary N) is 2. The van der Waals surface area contributed by atoms with Gasteiger partial charge in [0, 0.05) is 31.1 Å². The summed E-state index contributed by atoms with van der Waals surface area (Å²) in [5.74, 6) is -0.528. The Hall–Kier alpha value is -3.47. The molecule has 35 heavy (non-hydrogen) atoms. The number of alkyl halides is 2. The number of pyridine rings is 1. The molecule has 1 unspecified atom stereocenters. The minimum absolute atomic E-state index is 0.0343. The molecule has 1 aromatic carbocycles. The van der Waals surface area contributed by atoms with Gasteiger partial charge in [-0.3, -0.25) is 9.59 Å². The molecule has 3 heterocycles. The lowest BCUT2D eigenvalue weighted by Crippen LogP contribution is -2.46. The van der Waals surface area contributed by atoms with E-state index in [0.29, 0.717) is 24.3 Å². The van der Waals surface area contributed by atoms with Gasteiger partial charge in [-0.15, -0.1) is 0 Å². The minimum atomic E-state index is -2.95. The molecule has 0 spiro atoms. The van der Waals surface area contributed by atoms with Gasteiger partial charge in [0.25, 0.3) is 12.0 Å². The molecule has 3 N–H and O–H groups in total. The fourth-order valence-electron chi connectivity index (χ4n) is 4.47. The monoisotopic (exact) mass is 489 g/mol. The third kappa shape index (κ3) is 4.72. The highest BCUT2D eigenvalue weighted by Gasteiger charge is 2.37. The van der Waals surface area contributed by atoms with Crippen LogP contribution >= 0.6 is 0 Å². The predicted molar refractivity (Wildman–Crippen MR) is 124 cm³/mol. The second kappa shape index (κ2) is 9.29. The maximum atomic E-state index is 14.7. The first-order valence-electron chi connectivity index (χ1n) is 11.2. The minimum Gasteiger partial charge on any atom is -0.385 e. The standard InChI is InChI=1S/C24H26F3N5O3/c1-12(15-5-4-6-16(19(15)25)20(26)27)28-21-17-11-18(23(34)31-22(17)30-13(2)29-21)24(35)7-9-32(10-8-24)14(3)33/h4-6,11-12,20,35H,7-10H2,1-3H3,(H2,28,29,30,31,34). The van der Waals surface area contributed by atoms with Gasteiger partial charge in [0.05, 0.1) is 22.6 Å². The van der Waals surface area contributed by atoms with E-state index in [1.807, 2.05) is 0 Å². The third-order valence-corrected chi connectivity index (χ3v) is 6.47. The van der Waals surface area contributed by atoms with Crippen molar-refractivity contribution in [3.8, 4) is 0 Å². The lowest BCUT2D eigenvalue weighted by Gasteiger charge is -2.37. The van der Waals surface area contributed by atoms with Crippen LogP contribution in [0.4, 0.5) is 19.0 Å². The van der Waals surface area contributed by atoms with E-state index in [2.05, 4.69) is 20.3 Å². The van der Waals surface area contributed by atoms with Crippen molar-refractivity contribution in [3.63, 3.8) is 0 Å². The fraction of sp³-hybridized carbons (Fsp3) is 0.417. The number of fused-ring (bicyclic) bond motifs is 1. The summed E-state index contributed by atoms with van der Waals surface area (Å²) in [6.45, 7) is 5.27. The smallest absolute Gasteiger partial charge is 0.266 e. The van der Waals surface area contributed by atoms with Crippen molar-refractivity contribution in [3.05, 3.63) is 63.0 Å². The summed E-state index contributed by atoms with van der Waals surface area (Å²) in [6, 6.07) is 4.56. The number of H-pyrrole nitrogens is 1. The van der Waals surface area contributed by atoms with E-state index in [4.69, 9.17) is 0 Å². The van der Waals surface area contributed by atoms with Gasteiger partial charge in [-0.05, 0) is 32.8 Å². The number of hydrogen-bond donors (Lipinski definition) is 3. The van der Waals surface area contributed by atoms with Gasteiger partial charge in [0.15, 0.2) is 0 Å². The van der Waals surface area contributed by atoms with E-state index >= 15 is 0 Å². The van der Waals surface area contributed by atoms with E-state index in [9.17, 15) is 27.9 Å². The van der Waals surface area contributed by atoms with Crippen LogP contribution in [0.15, 0.2) is 29.1 Å². The number of anilines is 1. The number of aryl methyl sites for hydroxylation is 1. The SMILES string of the molecule is CC(=O)N1CCC(O)(c2cc3c(NC(C)c4cccc(C(F)F)c4F)nc(C)nc3[nH]c2=O)CC1. The first-order chi connectivity index (χ1) is 16.5. The van der Waals surface area contributed by atoms with Crippen LogP contribution in [-0.4, -0.2) is 44.0 Å². The highest BCUT2D eigenvalue weighted by Crippen LogP contribution is 2.34. The largest absolute Gasteiger partial charge is 0.385 e. The molecule has 1 fully saturated rings.